The number of benzene rings is 2. The molecule has 3 heteroatoms. The van der Waals surface area contributed by atoms with Crippen LogP contribution in [0.4, 0.5) is 0 Å². The molecule has 2 aromatic carbocycles. The standard InChI is InChI=1S/C20H18O3/c1-13(2)17(14-9-5-4-6-10-14)18-15-11-7-8-12-16(15)19(21)23-20(18)22-3/h4-12H,1-3H3. The lowest BCUT2D eigenvalue weighted by Crippen LogP contribution is -2.06. The molecule has 0 spiro atoms. The Morgan fingerprint density at radius 2 is 1.52 bits per heavy atom. The number of rotatable bonds is 3. The molecule has 3 aromatic rings. The Labute approximate surface area is 134 Å². The van der Waals surface area contributed by atoms with E-state index in [0.29, 0.717) is 5.39 Å². The lowest BCUT2D eigenvalue weighted by Gasteiger charge is -2.15. The van der Waals surface area contributed by atoms with Crippen LogP contribution in [0.1, 0.15) is 25.0 Å². The second-order valence-corrected chi connectivity index (χ2v) is 5.54. The summed E-state index contributed by atoms with van der Waals surface area (Å²) in [6.45, 7) is 4.09. The van der Waals surface area contributed by atoms with Crippen molar-refractivity contribution in [3.8, 4) is 5.95 Å². The highest BCUT2D eigenvalue weighted by Gasteiger charge is 2.20. The molecule has 0 fully saturated rings. The number of methoxy groups -OCH3 is 1. The van der Waals surface area contributed by atoms with Crippen LogP contribution in [0.25, 0.3) is 16.3 Å². The van der Waals surface area contributed by atoms with E-state index in [1.165, 1.54) is 7.11 Å². The summed E-state index contributed by atoms with van der Waals surface area (Å²) in [4.78, 5) is 12.2. The Bertz CT molecular complexity index is 930. The van der Waals surface area contributed by atoms with Crippen LogP contribution in [0.3, 0.4) is 0 Å². The lowest BCUT2D eigenvalue weighted by molar-refractivity contribution is 0.288. The first kappa shape index (κ1) is 15.1. The molecule has 1 aromatic heterocycles. The van der Waals surface area contributed by atoms with E-state index in [2.05, 4.69) is 0 Å². The molecule has 0 aliphatic heterocycles. The highest BCUT2D eigenvalue weighted by atomic mass is 16.6. The van der Waals surface area contributed by atoms with Gasteiger partial charge in [-0.15, -0.1) is 0 Å². The van der Waals surface area contributed by atoms with Gasteiger partial charge in [-0.05, 0) is 31.1 Å². The van der Waals surface area contributed by atoms with Crippen molar-refractivity contribution in [3.63, 3.8) is 0 Å². The molecule has 0 bridgehead atoms. The summed E-state index contributed by atoms with van der Waals surface area (Å²) < 4.78 is 10.8. The first-order chi connectivity index (χ1) is 11.1. The van der Waals surface area contributed by atoms with Gasteiger partial charge in [0.15, 0.2) is 0 Å². The molecule has 0 atom stereocenters. The fourth-order valence-electron chi connectivity index (χ4n) is 2.85. The molecule has 3 nitrogen and oxygen atoms in total. The van der Waals surface area contributed by atoms with Gasteiger partial charge in [-0.1, -0.05) is 54.1 Å². The van der Waals surface area contributed by atoms with Gasteiger partial charge in [0, 0.05) is 5.39 Å². The summed E-state index contributed by atoms with van der Waals surface area (Å²) in [5.74, 6) is 0.244. The van der Waals surface area contributed by atoms with Crippen LogP contribution >= 0.6 is 0 Å². The van der Waals surface area contributed by atoms with E-state index in [1.807, 2.05) is 62.4 Å². The van der Waals surface area contributed by atoms with Crippen LogP contribution in [-0.2, 0) is 0 Å². The van der Waals surface area contributed by atoms with Crippen molar-refractivity contribution in [2.45, 2.75) is 13.8 Å². The van der Waals surface area contributed by atoms with Crippen LogP contribution < -0.4 is 10.4 Å². The zero-order chi connectivity index (χ0) is 16.4. The van der Waals surface area contributed by atoms with Gasteiger partial charge >= 0.3 is 5.63 Å². The SMILES string of the molecule is COc1oc(=O)c2ccccc2c1C(=C(C)C)c1ccccc1. The van der Waals surface area contributed by atoms with Gasteiger partial charge in [0.1, 0.15) is 0 Å². The average Bonchev–Trinajstić information content (AvgIpc) is 2.57. The summed E-state index contributed by atoms with van der Waals surface area (Å²) in [6, 6.07) is 17.5. The van der Waals surface area contributed by atoms with E-state index >= 15 is 0 Å². The predicted octanol–water partition coefficient (Wildman–Crippen LogP) is 4.64. The molecule has 23 heavy (non-hydrogen) atoms. The van der Waals surface area contributed by atoms with Crippen LogP contribution in [0.15, 0.2) is 69.4 Å². The third-order valence-corrected chi connectivity index (χ3v) is 3.80. The van der Waals surface area contributed by atoms with Gasteiger partial charge in [-0.2, -0.15) is 0 Å². The number of hydrogen-bond acceptors (Lipinski definition) is 3. The van der Waals surface area contributed by atoms with E-state index in [9.17, 15) is 4.79 Å². The van der Waals surface area contributed by atoms with Crippen molar-refractivity contribution in [1.82, 2.24) is 0 Å². The number of fused-ring (bicyclic) bond motifs is 1. The van der Waals surface area contributed by atoms with Gasteiger partial charge in [0.25, 0.3) is 5.95 Å². The lowest BCUT2D eigenvalue weighted by atomic mass is 9.92. The van der Waals surface area contributed by atoms with Crippen molar-refractivity contribution in [3.05, 3.63) is 81.7 Å². The molecule has 0 aliphatic rings. The molecule has 0 aliphatic carbocycles. The first-order valence-corrected chi connectivity index (χ1v) is 7.46. The highest BCUT2D eigenvalue weighted by molar-refractivity contribution is 5.99. The van der Waals surface area contributed by atoms with Crippen molar-refractivity contribution >= 4 is 16.3 Å². The Morgan fingerprint density at radius 1 is 0.913 bits per heavy atom. The molecular weight excluding hydrogens is 288 g/mol. The van der Waals surface area contributed by atoms with Gasteiger partial charge < -0.3 is 9.15 Å². The Kier molecular flexibility index (Phi) is 4.02. The maximum atomic E-state index is 12.2. The topological polar surface area (TPSA) is 39.4 Å². The summed E-state index contributed by atoms with van der Waals surface area (Å²) in [5.41, 5.74) is 3.62. The monoisotopic (exact) mass is 306 g/mol. The van der Waals surface area contributed by atoms with Crippen LogP contribution in [0, 0.1) is 0 Å². The minimum absolute atomic E-state index is 0.244. The molecule has 0 saturated heterocycles. The van der Waals surface area contributed by atoms with Crippen LogP contribution in [0.5, 0.6) is 5.95 Å². The fraction of sp³-hybridized carbons (Fsp3) is 0.150. The average molecular weight is 306 g/mol. The van der Waals surface area contributed by atoms with Crippen molar-refractivity contribution < 1.29 is 9.15 Å². The maximum Gasteiger partial charge on any atom is 0.346 e. The quantitative estimate of drug-likeness (QED) is 0.707. The summed E-state index contributed by atoms with van der Waals surface area (Å²) in [5, 5.41) is 1.39. The van der Waals surface area contributed by atoms with Gasteiger partial charge in [0.05, 0.1) is 18.1 Å². The Hall–Kier alpha value is -2.81. The van der Waals surface area contributed by atoms with Gasteiger partial charge in [0.2, 0.25) is 0 Å². The maximum absolute atomic E-state index is 12.2. The smallest absolute Gasteiger partial charge is 0.346 e. The van der Waals surface area contributed by atoms with Crippen molar-refractivity contribution in [1.29, 1.82) is 0 Å². The molecule has 0 radical (unpaired) electrons. The number of allylic oxidation sites excluding steroid dienone is 1. The summed E-state index contributed by atoms with van der Waals surface area (Å²) in [6.07, 6.45) is 0. The highest BCUT2D eigenvalue weighted by Crippen LogP contribution is 2.37. The fourth-order valence-corrected chi connectivity index (χ4v) is 2.85. The molecule has 0 amide bonds. The predicted molar refractivity (Wildman–Crippen MR) is 92.8 cm³/mol. The minimum atomic E-state index is -0.387. The van der Waals surface area contributed by atoms with E-state index in [0.717, 1.165) is 27.7 Å². The largest absolute Gasteiger partial charge is 0.468 e. The van der Waals surface area contributed by atoms with E-state index in [-0.39, 0.29) is 11.6 Å². The second-order valence-electron chi connectivity index (χ2n) is 5.54. The number of ether oxygens (including phenoxy) is 1. The zero-order valence-electron chi connectivity index (χ0n) is 13.4. The van der Waals surface area contributed by atoms with E-state index < -0.39 is 0 Å². The van der Waals surface area contributed by atoms with Crippen LogP contribution in [-0.4, -0.2) is 7.11 Å². The Balaban J connectivity index is 2.45. The third-order valence-electron chi connectivity index (χ3n) is 3.80. The van der Waals surface area contributed by atoms with Crippen LogP contribution in [0.2, 0.25) is 0 Å². The molecular formula is C20H18O3. The third kappa shape index (κ3) is 2.66. The normalized spacial score (nSPS) is 10.6. The first-order valence-electron chi connectivity index (χ1n) is 7.46. The summed E-state index contributed by atoms with van der Waals surface area (Å²) >= 11 is 0. The molecule has 3 rings (SSSR count). The minimum Gasteiger partial charge on any atom is -0.468 e. The van der Waals surface area contributed by atoms with Crippen molar-refractivity contribution in [2.75, 3.05) is 7.11 Å². The van der Waals surface area contributed by atoms with Gasteiger partial charge in [-0.25, -0.2) is 4.79 Å². The van der Waals surface area contributed by atoms with E-state index in [4.69, 9.17) is 9.15 Å². The second kappa shape index (κ2) is 6.13. The molecule has 0 unspecified atom stereocenters. The van der Waals surface area contributed by atoms with E-state index in [1.54, 1.807) is 6.07 Å². The molecule has 0 N–H and O–H groups in total. The Morgan fingerprint density at radius 3 is 2.13 bits per heavy atom. The zero-order valence-corrected chi connectivity index (χ0v) is 13.4. The molecule has 0 saturated carbocycles. The molecule has 116 valence electrons. The van der Waals surface area contributed by atoms with Crippen molar-refractivity contribution in [2.24, 2.45) is 0 Å². The van der Waals surface area contributed by atoms with Gasteiger partial charge in [-0.3, -0.25) is 0 Å². The number of hydrogen-bond donors (Lipinski definition) is 0. The summed E-state index contributed by atoms with van der Waals surface area (Å²) in [7, 11) is 1.52. The molecule has 1 heterocycles.